The van der Waals surface area contributed by atoms with E-state index in [2.05, 4.69) is 10.3 Å². The third kappa shape index (κ3) is 4.24. The summed E-state index contributed by atoms with van der Waals surface area (Å²) in [4.78, 5) is 15.6. The number of aromatic nitrogens is 1. The number of aryl methyl sites for hydroxylation is 1. The van der Waals surface area contributed by atoms with E-state index in [4.69, 9.17) is 16.3 Å². The fourth-order valence-electron chi connectivity index (χ4n) is 1.61. The van der Waals surface area contributed by atoms with Crippen molar-refractivity contribution in [3.63, 3.8) is 0 Å². The molecule has 0 aliphatic carbocycles. The highest BCUT2D eigenvalue weighted by Crippen LogP contribution is 2.20. The van der Waals surface area contributed by atoms with Crippen LogP contribution in [0.2, 0.25) is 5.02 Å². The molecule has 0 saturated heterocycles. The quantitative estimate of drug-likeness (QED) is 0.921. The summed E-state index contributed by atoms with van der Waals surface area (Å²) < 4.78 is 5.41. The van der Waals surface area contributed by atoms with Crippen LogP contribution in [0.5, 0.6) is 5.75 Å². The van der Waals surface area contributed by atoms with Gasteiger partial charge in [0.1, 0.15) is 5.75 Å². The van der Waals surface area contributed by atoms with Crippen LogP contribution in [0.4, 0.5) is 0 Å². The molecule has 4 nitrogen and oxygen atoms in total. The molecule has 5 heteroatoms. The lowest BCUT2D eigenvalue weighted by Gasteiger charge is -2.08. The van der Waals surface area contributed by atoms with E-state index >= 15 is 0 Å². The second-order valence-electron chi connectivity index (χ2n) is 4.34. The summed E-state index contributed by atoms with van der Waals surface area (Å²) in [6.07, 6.45) is 3.40. The maximum atomic E-state index is 11.7. The number of hydrogen-bond donors (Lipinski definition) is 1. The highest BCUT2D eigenvalue weighted by atomic mass is 35.5. The molecule has 0 radical (unpaired) electrons. The van der Waals surface area contributed by atoms with E-state index in [1.54, 1.807) is 30.6 Å². The molecule has 0 atom stereocenters. The highest BCUT2D eigenvalue weighted by Gasteiger charge is 2.04. The molecule has 0 unspecified atom stereocenters. The zero-order valence-electron chi connectivity index (χ0n) is 11.1. The fraction of sp³-hybridized carbons (Fsp3) is 0.200. The predicted molar refractivity (Wildman–Crippen MR) is 77.8 cm³/mol. The number of amides is 1. The average Bonchev–Trinajstić information content (AvgIpc) is 2.47. The third-order valence-electron chi connectivity index (χ3n) is 2.71. The monoisotopic (exact) mass is 290 g/mol. The molecule has 0 aliphatic rings. The van der Waals surface area contributed by atoms with Gasteiger partial charge in [-0.3, -0.25) is 9.78 Å². The van der Waals surface area contributed by atoms with E-state index in [0.717, 1.165) is 11.1 Å². The molecule has 1 aromatic carbocycles. The molecule has 104 valence electrons. The van der Waals surface area contributed by atoms with Crippen LogP contribution in [0.25, 0.3) is 0 Å². The molecule has 0 spiro atoms. The van der Waals surface area contributed by atoms with E-state index in [-0.39, 0.29) is 12.5 Å². The van der Waals surface area contributed by atoms with Crippen LogP contribution in [0.1, 0.15) is 11.1 Å². The minimum absolute atomic E-state index is 0.0265. The Morgan fingerprint density at radius 1 is 1.40 bits per heavy atom. The number of carbonyl (C=O) groups is 1. The van der Waals surface area contributed by atoms with Crippen LogP contribution in [0.3, 0.4) is 0 Å². The van der Waals surface area contributed by atoms with Crippen LogP contribution in [0, 0.1) is 6.92 Å². The van der Waals surface area contributed by atoms with Crippen molar-refractivity contribution in [2.24, 2.45) is 0 Å². The van der Waals surface area contributed by atoms with Crippen molar-refractivity contribution in [3.8, 4) is 5.75 Å². The van der Waals surface area contributed by atoms with E-state index in [1.807, 2.05) is 19.1 Å². The first-order chi connectivity index (χ1) is 9.65. The van der Waals surface area contributed by atoms with Gasteiger partial charge in [0.25, 0.3) is 5.91 Å². The predicted octanol–water partition coefficient (Wildman–Crippen LogP) is 2.74. The lowest BCUT2D eigenvalue weighted by atomic mass is 10.2. The molecule has 0 saturated carbocycles. The van der Waals surface area contributed by atoms with E-state index in [1.165, 1.54) is 0 Å². The Morgan fingerprint density at radius 2 is 2.25 bits per heavy atom. The molecule has 20 heavy (non-hydrogen) atoms. The number of nitrogens with zero attached hydrogens (tertiary/aromatic N) is 1. The molecular weight excluding hydrogens is 276 g/mol. The maximum absolute atomic E-state index is 11.7. The smallest absolute Gasteiger partial charge is 0.258 e. The second kappa shape index (κ2) is 6.91. The van der Waals surface area contributed by atoms with Crippen molar-refractivity contribution >= 4 is 17.5 Å². The Labute approximate surface area is 122 Å². The molecule has 2 rings (SSSR count). The lowest BCUT2D eigenvalue weighted by molar-refractivity contribution is -0.123. The minimum Gasteiger partial charge on any atom is -0.484 e. The van der Waals surface area contributed by atoms with Gasteiger partial charge in [-0.1, -0.05) is 17.7 Å². The molecule has 1 heterocycles. The Balaban J connectivity index is 1.79. The zero-order chi connectivity index (χ0) is 14.4. The molecule has 2 aromatic rings. The lowest BCUT2D eigenvalue weighted by Crippen LogP contribution is -2.28. The summed E-state index contributed by atoms with van der Waals surface area (Å²) in [6.45, 7) is 2.30. The average molecular weight is 291 g/mol. The van der Waals surface area contributed by atoms with Crippen LogP contribution in [-0.2, 0) is 11.3 Å². The van der Waals surface area contributed by atoms with Gasteiger partial charge in [-0.05, 0) is 42.3 Å². The van der Waals surface area contributed by atoms with E-state index < -0.39 is 0 Å². The van der Waals surface area contributed by atoms with Gasteiger partial charge in [-0.2, -0.15) is 0 Å². The van der Waals surface area contributed by atoms with Gasteiger partial charge in [0.05, 0.1) is 0 Å². The number of ether oxygens (including phenoxy) is 1. The van der Waals surface area contributed by atoms with Crippen molar-refractivity contribution < 1.29 is 9.53 Å². The number of benzene rings is 1. The van der Waals surface area contributed by atoms with Crippen LogP contribution < -0.4 is 10.1 Å². The van der Waals surface area contributed by atoms with Crippen LogP contribution in [-0.4, -0.2) is 17.5 Å². The topological polar surface area (TPSA) is 51.2 Å². The Hall–Kier alpha value is -2.07. The number of nitrogens with one attached hydrogen (secondary N) is 1. The normalized spacial score (nSPS) is 10.1. The van der Waals surface area contributed by atoms with Crippen molar-refractivity contribution in [1.82, 2.24) is 10.3 Å². The number of halogens is 1. The highest BCUT2D eigenvalue weighted by molar-refractivity contribution is 6.31. The second-order valence-corrected chi connectivity index (χ2v) is 4.74. The molecule has 1 amide bonds. The minimum atomic E-state index is -0.179. The summed E-state index contributed by atoms with van der Waals surface area (Å²) in [5.41, 5.74) is 1.86. The Bertz CT molecular complexity index is 588. The van der Waals surface area contributed by atoms with E-state index in [0.29, 0.717) is 17.3 Å². The standard InChI is InChI=1S/C15H15ClN2O2/c1-11-7-13(4-5-14(11)16)20-10-15(19)18-9-12-3-2-6-17-8-12/h2-8H,9-10H2,1H3,(H,18,19). The van der Waals surface area contributed by atoms with Gasteiger partial charge in [0.2, 0.25) is 0 Å². The van der Waals surface area contributed by atoms with Gasteiger partial charge in [0.15, 0.2) is 6.61 Å². The van der Waals surface area contributed by atoms with Gasteiger partial charge in [0, 0.05) is 24.0 Å². The third-order valence-corrected chi connectivity index (χ3v) is 3.14. The summed E-state index contributed by atoms with van der Waals surface area (Å²) in [6, 6.07) is 9.02. The molecule has 1 aromatic heterocycles. The van der Waals surface area contributed by atoms with Gasteiger partial charge >= 0.3 is 0 Å². The first kappa shape index (κ1) is 14.3. The summed E-state index contributed by atoms with van der Waals surface area (Å²) in [5.74, 6) is 0.449. The first-order valence-electron chi connectivity index (χ1n) is 6.20. The largest absolute Gasteiger partial charge is 0.484 e. The zero-order valence-corrected chi connectivity index (χ0v) is 11.9. The van der Waals surface area contributed by atoms with Crippen molar-refractivity contribution in [2.75, 3.05) is 6.61 Å². The van der Waals surface area contributed by atoms with Gasteiger partial charge in [-0.25, -0.2) is 0 Å². The maximum Gasteiger partial charge on any atom is 0.258 e. The fourth-order valence-corrected chi connectivity index (χ4v) is 1.73. The van der Waals surface area contributed by atoms with E-state index in [9.17, 15) is 4.79 Å². The van der Waals surface area contributed by atoms with Gasteiger partial charge in [-0.15, -0.1) is 0 Å². The molecule has 1 N–H and O–H groups in total. The number of pyridine rings is 1. The Morgan fingerprint density at radius 3 is 2.95 bits per heavy atom. The van der Waals surface area contributed by atoms with Crippen molar-refractivity contribution in [2.45, 2.75) is 13.5 Å². The first-order valence-corrected chi connectivity index (χ1v) is 6.57. The number of carbonyl (C=O) groups excluding carboxylic acids is 1. The molecule has 0 fully saturated rings. The summed E-state index contributed by atoms with van der Waals surface area (Å²) >= 11 is 5.92. The van der Waals surface area contributed by atoms with Gasteiger partial charge < -0.3 is 10.1 Å². The van der Waals surface area contributed by atoms with Crippen molar-refractivity contribution in [1.29, 1.82) is 0 Å². The summed E-state index contributed by atoms with van der Waals surface area (Å²) in [5, 5.41) is 3.44. The van der Waals surface area contributed by atoms with Crippen LogP contribution in [0.15, 0.2) is 42.7 Å². The number of hydrogen-bond acceptors (Lipinski definition) is 3. The Kier molecular flexibility index (Phi) is 4.96. The SMILES string of the molecule is Cc1cc(OCC(=O)NCc2cccnc2)ccc1Cl. The van der Waals surface area contributed by atoms with Crippen molar-refractivity contribution in [3.05, 3.63) is 58.9 Å². The summed E-state index contributed by atoms with van der Waals surface area (Å²) in [7, 11) is 0. The molecule has 0 bridgehead atoms. The number of rotatable bonds is 5. The molecule has 0 aliphatic heterocycles. The molecular formula is C15H15ClN2O2. The van der Waals surface area contributed by atoms with Crippen LogP contribution >= 0.6 is 11.6 Å².